The Kier molecular flexibility index (Phi) is 5.61. The average Bonchev–Trinajstić information content (AvgIpc) is 3.19. The maximum atomic E-state index is 13.0. The smallest absolute Gasteiger partial charge is 0.295 e. The van der Waals surface area contributed by atoms with Crippen molar-refractivity contribution in [3.8, 4) is 17.1 Å². The van der Waals surface area contributed by atoms with Crippen LogP contribution in [-0.4, -0.2) is 20.7 Å². The second-order valence-corrected chi connectivity index (χ2v) is 8.08. The predicted molar refractivity (Wildman–Crippen MR) is 125 cm³/mol. The molecule has 3 aromatic carbocycles. The molecule has 0 bridgehead atoms. The molecule has 1 aromatic heterocycles. The fraction of sp³-hybridized carbons (Fsp3) is 0.160. The van der Waals surface area contributed by atoms with E-state index < -0.39 is 0 Å². The monoisotopic (exact) mass is 430 g/mol. The standard InChI is InChI=1S/C25H23ClN4O/c1-15-8-11-19(12-9-15)24-28-23(25(31)27-22-7-5-6-16(2)18(22)4)29-30(24)20-13-10-17(3)21(26)14-20/h5-14H,1-4H3,(H,27,31). The summed E-state index contributed by atoms with van der Waals surface area (Å²) in [5.41, 5.74) is 6.57. The van der Waals surface area contributed by atoms with Crippen LogP contribution in [0.5, 0.6) is 0 Å². The second-order valence-electron chi connectivity index (χ2n) is 7.67. The number of hydrogen-bond acceptors (Lipinski definition) is 3. The van der Waals surface area contributed by atoms with Crippen LogP contribution in [0.15, 0.2) is 60.7 Å². The molecule has 1 N–H and O–H groups in total. The topological polar surface area (TPSA) is 59.8 Å². The van der Waals surface area contributed by atoms with Gasteiger partial charge in [0.2, 0.25) is 5.82 Å². The predicted octanol–water partition coefficient (Wildman–Crippen LogP) is 6.07. The molecule has 0 saturated carbocycles. The fourth-order valence-electron chi connectivity index (χ4n) is 3.26. The van der Waals surface area contributed by atoms with E-state index in [1.807, 2.05) is 88.4 Å². The molecule has 4 rings (SSSR count). The Hall–Kier alpha value is -3.44. The summed E-state index contributed by atoms with van der Waals surface area (Å²) in [6.45, 7) is 7.95. The molecule has 0 aliphatic carbocycles. The number of aryl methyl sites for hydroxylation is 3. The molecule has 0 spiro atoms. The van der Waals surface area contributed by atoms with Gasteiger partial charge in [0.15, 0.2) is 5.82 Å². The molecule has 4 aromatic rings. The number of amides is 1. The van der Waals surface area contributed by atoms with E-state index in [0.29, 0.717) is 10.8 Å². The summed E-state index contributed by atoms with van der Waals surface area (Å²) in [4.78, 5) is 17.6. The van der Waals surface area contributed by atoms with Crippen LogP contribution in [0.2, 0.25) is 5.02 Å². The van der Waals surface area contributed by atoms with Crippen LogP contribution in [0.3, 0.4) is 0 Å². The molecule has 0 fully saturated rings. The molecule has 0 radical (unpaired) electrons. The van der Waals surface area contributed by atoms with E-state index in [9.17, 15) is 4.79 Å². The number of halogens is 1. The Labute approximate surface area is 186 Å². The molecule has 0 aliphatic rings. The van der Waals surface area contributed by atoms with E-state index in [2.05, 4.69) is 15.4 Å². The minimum atomic E-state index is -0.362. The Morgan fingerprint density at radius 2 is 1.68 bits per heavy atom. The molecule has 1 amide bonds. The number of nitrogens with zero attached hydrogens (tertiary/aromatic N) is 3. The van der Waals surface area contributed by atoms with Crippen molar-refractivity contribution in [2.24, 2.45) is 0 Å². The van der Waals surface area contributed by atoms with Gasteiger partial charge in [0.25, 0.3) is 5.91 Å². The van der Waals surface area contributed by atoms with E-state index in [4.69, 9.17) is 11.6 Å². The summed E-state index contributed by atoms with van der Waals surface area (Å²) in [6.07, 6.45) is 0. The lowest BCUT2D eigenvalue weighted by Gasteiger charge is -2.08. The zero-order valence-electron chi connectivity index (χ0n) is 17.9. The first-order valence-electron chi connectivity index (χ1n) is 10.0. The van der Waals surface area contributed by atoms with Gasteiger partial charge in [-0.25, -0.2) is 9.67 Å². The summed E-state index contributed by atoms with van der Waals surface area (Å²) >= 11 is 6.35. The first-order chi connectivity index (χ1) is 14.8. The van der Waals surface area contributed by atoms with Crippen LogP contribution in [-0.2, 0) is 0 Å². The van der Waals surface area contributed by atoms with Crippen LogP contribution in [0.1, 0.15) is 32.9 Å². The first kappa shape index (κ1) is 20.8. The summed E-state index contributed by atoms with van der Waals surface area (Å²) in [5.74, 6) is 0.304. The average molecular weight is 431 g/mol. The van der Waals surface area contributed by atoms with Gasteiger partial charge in [0.1, 0.15) is 0 Å². The molecule has 0 unspecified atom stereocenters. The lowest BCUT2D eigenvalue weighted by molar-refractivity contribution is 0.101. The third kappa shape index (κ3) is 4.23. The highest BCUT2D eigenvalue weighted by molar-refractivity contribution is 6.31. The Morgan fingerprint density at radius 3 is 2.39 bits per heavy atom. The molecule has 31 heavy (non-hydrogen) atoms. The normalized spacial score (nSPS) is 10.9. The maximum Gasteiger partial charge on any atom is 0.295 e. The SMILES string of the molecule is Cc1ccc(-c2nc(C(=O)Nc3cccc(C)c3C)nn2-c2ccc(C)c(Cl)c2)cc1. The van der Waals surface area contributed by atoms with Crippen LogP contribution < -0.4 is 5.32 Å². The van der Waals surface area contributed by atoms with Gasteiger partial charge in [-0.3, -0.25) is 4.79 Å². The van der Waals surface area contributed by atoms with Crippen LogP contribution in [0.25, 0.3) is 17.1 Å². The largest absolute Gasteiger partial charge is 0.319 e. The molecule has 6 heteroatoms. The Morgan fingerprint density at radius 1 is 0.935 bits per heavy atom. The van der Waals surface area contributed by atoms with Gasteiger partial charge in [-0.2, -0.15) is 0 Å². The number of aromatic nitrogens is 3. The third-order valence-corrected chi connectivity index (χ3v) is 5.78. The molecule has 5 nitrogen and oxygen atoms in total. The van der Waals surface area contributed by atoms with Gasteiger partial charge < -0.3 is 5.32 Å². The van der Waals surface area contributed by atoms with Gasteiger partial charge >= 0.3 is 0 Å². The minimum absolute atomic E-state index is 0.0909. The number of anilines is 1. The van der Waals surface area contributed by atoms with E-state index >= 15 is 0 Å². The van der Waals surface area contributed by atoms with Gasteiger partial charge in [0, 0.05) is 16.3 Å². The zero-order valence-corrected chi connectivity index (χ0v) is 18.7. The summed E-state index contributed by atoms with van der Waals surface area (Å²) in [5, 5.41) is 8.10. The van der Waals surface area contributed by atoms with Gasteiger partial charge in [-0.1, -0.05) is 59.6 Å². The number of hydrogen-bond donors (Lipinski definition) is 1. The highest BCUT2D eigenvalue weighted by Crippen LogP contribution is 2.26. The van der Waals surface area contributed by atoms with Crippen molar-refractivity contribution in [1.29, 1.82) is 0 Å². The van der Waals surface area contributed by atoms with Gasteiger partial charge in [0.05, 0.1) is 5.69 Å². The van der Waals surface area contributed by atoms with Crippen molar-refractivity contribution in [1.82, 2.24) is 14.8 Å². The summed E-state index contributed by atoms with van der Waals surface area (Å²) < 4.78 is 1.66. The van der Waals surface area contributed by atoms with E-state index in [1.165, 1.54) is 0 Å². The molecule has 1 heterocycles. The zero-order chi connectivity index (χ0) is 22.1. The highest BCUT2D eigenvalue weighted by atomic mass is 35.5. The van der Waals surface area contributed by atoms with Crippen LogP contribution >= 0.6 is 11.6 Å². The summed E-state index contributed by atoms with van der Waals surface area (Å²) in [7, 11) is 0. The maximum absolute atomic E-state index is 13.0. The summed E-state index contributed by atoms with van der Waals surface area (Å²) in [6, 6.07) is 19.4. The molecular formula is C25H23ClN4O. The number of carbonyl (C=O) groups is 1. The van der Waals surface area contributed by atoms with E-state index in [1.54, 1.807) is 4.68 Å². The first-order valence-corrected chi connectivity index (χ1v) is 10.4. The van der Waals surface area contributed by atoms with Crippen molar-refractivity contribution >= 4 is 23.2 Å². The Bertz CT molecular complexity index is 1280. The van der Waals surface area contributed by atoms with Crippen molar-refractivity contribution in [3.63, 3.8) is 0 Å². The lowest BCUT2D eigenvalue weighted by Crippen LogP contribution is -2.15. The van der Waals surface area contributed by atoms with Crippen molar-refractivity contribution in [3.05, 3.63) is 93.8 Å². The van der Waals surface area contributed by atoms with Crippen molar-refractivity contribution < 1.29 is 4.79 Å². The molecular weight excluding hydrogens is 408 g/mol. The molecule has 0 aliphatic heterocycles. The minimum Gasteiger partial charge on any atom is -0.319 e. The molecule has 156 valence electrons. The fourth-order valence-corrected chi connectivity index (χ4v) is 3.43. The van der Waals surface area contributed by atoms with Gasteiger partial charge in [-0.05, 0) is 62.6 Å². The second kappa shape index (κ2) is 8.36. The third-order valence-electron chi connectivity index (χ3n) is 5.37. The number of nitrogens with one attached hydrogen (secondary N) is 1. The number of carbonyl (C=O) groups excluding carboxylic acids is 1. The van der Waals surface area contributed by atoms with Crippen LogP contribution in [0.4, 0.5) is 5.69 Å². The number of rotatable bonds is 4. The van der Waals surface area contributed by atoms with Crippen molar-refractivity contribution in [2.45, 2.75) is 27.7 Å². The molecule has 0 saturated heterocycles. The highest BCUT2D eigenvalue weighted by Gasteiger charge is 2.20. The lowest BCUT2D eigenvalue weighted by atomic mass is 10.1. The van der Waals surface area contributed by atoms with E-state index in [0.717, 1.165) is 39.2 Å². The number of benzene rings is 3. The Balaban J connectivity index is 1.78. The van der Waals surface area contributed by atoms with Crippen molar-refractivity contribution in [2.75, 3.05) is 5.32 Å². The van der Waals surface area contributed by atoms with Gasteiger partial charge in [-0.15, -0.1) is 5.10 Å². The molecule has 0 atom stereocenters. The van der Waals surface area contributed by atoms with Crippen LogP contribution in [0, 0.1) is 27.7 Å². The quantitative estimate of drug-likeness (QED) is 0.427. The van der Waals surface area contributed by atoms with E-state index in [-0.39, 0.29) is 11.7 Å².